The molecule has 0 aliphatic rings. The zero-order valence-electron chi connectivity index (χ0n) is 15.0. The van der Waals surface area contributed by atoms with Gasteiger partial charge in [-0.2, -0.15) is 0 Å². The van der Waals surface area contributed by atoms with E-state index in [4.69, 9.17) is 18.7 Å². The highest BCUT2D eigenvalue weighted by atomic mass is 16.5. The number of amides is 1. The summed E-state index contributed by atoms with van der Waals surface area (Å²) in [7, 11) is 3.08. The van der Waals surface area contributed by atoms with Crippen molar-refractivity contribution < 1.29 is 28.3 Å². The number of ether oxygens (including phenoxy) is 3. The number of benzene rings is 1. The fourth-order valence-corrected chi connectivity index (χ4v) is 2.26. The monoisotopic (exact) mass is 362 g/mol. The minimum absolute atomic E-state index is 0.116. The summed E-state index contributed by atoms with van der Waals surface area (Å²) in [5.41, 5.74) is 0.756. The summed E-state index contributed by atoms with van der Waals surface area (Å²) in [5, 5.41) is 6.28. The predicted octanol–water partition coefficient (Wildman–Crippen LogP) is 2.50. The summed E-state index contributed by atoms with van der Waals surface area (Å²) in [5.74, 6) is 1.55. The third-order valence-electron chi connectivity index (χ3n) is 3.50. The van der Waals surface area contributed by atoms with Gasteiger partial charge in [-0.15, -0.1) is 0 Å². The summed E-state index contributed by atoms with van der Waals surface area (Å²) in [4.78, 5) is 23.6. The van der Waals surface area contributed by atoms with Crippen LogP contribution in [0.25, 0.3) is 0 Å². The molecule has 1 amide bonds. The molecular formula is C18H22N2O6. The van der Waals surface area contributed by atoms with Crippen LogP contribution in [-0.2, 0) is 20.7 Å². The summed E-state index contributed by atoms with van der Waals surface area (Å²) in [6.07, 6.45) is 0.751. The second kappa shape index (κ2) is 9.45. The van der Waals surface area contributed by atoms with Gasteiger partial charge in [0.1, 0.15) is 5.76 Å². The maximum Gasteiger partial charge on any atom is 0.310 e. The zero-order chi connectivity index (χ0) is 18.9. The highest BCUT2D eigenvalue weighted by Crippen LogP contribution is 2.27. The lowest BCUT2D eigenvalue weighted by Gasteiger charge is -2.09. The van der Waals surface area contributed by atoms with Crippen molar-refractivity contribution in [2.75, 3.05) is 26.1 Å². The molecule has 1 N–H and O–H groups in total. The van der Waals surface area contributed by atoms with Gasteiger partial charge in [-0.3, -0.25) is 9.59 Å². The first-order valence-electron chi connectivity index (χ1n) is 8.11. The van der Waals surface area contributed by atoms with E-state index in [9.17, 15) is 9.59 Å². The standard InChI is InChI=1S/C18H22N2O6/c1-12-9-16(20-26-12)19-17(21)5-4-8-25-18(22)11-13-6-7-14(23-2)15(10-13)24-3/h6-7,9-10H,4-5,8,11H2,1-3H3,(H,19,20,21). The Hall–Kier alpha value is -3.03. The van der Waals surface area contributed by atoms with Gasteiger partial charge >= 0.3 is 5.97 Å². The maximum atomic E-state index is 11.9. The average molecular weight is 362 g/mol. The van der Waals surface area contributed by atoms with E-state index in [1.165, 1.54) is 7.11 Å². The molecule has 0 radical (unpaired) electrons. The van der Waals surface area contributed by atoms with Crippen molar-refractivity contribution >= 4 is 17.7 Å². The number of anilines is 1. The largest absolute Gasteiger partial charge is 0.493 e. The van der Waals surface area contributed by atoms with E-state index in [0.717, 1.165) is 5.56 Å². The van der Waals surface area contributed by atoms with Crippen LogP contribution < -0.4 is 14.8 Å². The molecule has 8 nitrogen and oxygen atoms in total. The molecule has 8 heteroatoms. The van der Waals surface area contributed by atoms with Gasteiger partial charge in [0.15, 0.2) is 17.3 Å². The Morgan fingerprint density at radius 1 is 1.15 bits per heavy atom. The number of aryl methyl sites for hydroxylation is 1. The summed E-state index contributed by atoms with van der Waals surface area (Å²) in [6, 6.07) is 6.86. The van der Waals surface area contributed by atoms with Crippen molar-refractivity contribution in [2.24, 2.45) is 0 Å². The van der Waals surface area contributed by atoms with Crippen LogP contribution in [0.3, 0.4) is 0 Å². The highest BCUT2D eigenvalue weighted by molar-refractivity contribution is 5.89. The van der Waals surface area contributed by atoms with Gasteiger partial charge in [-0.25, -0.2) is 0 Å². The number of methoxy groups -OCH3 is 2. The minimum atomic E-state index is -0.371. The topological polar surface area (TPSA) is 99.9 Å². The molecule has 1 aromatic carbocycles. The number of aromatic nitrogens is 1. The Morgan fingerprint density at radius 2 is 1.92 bits per heavy atom. The quantitative estimate of drug-likeness (QED) is 0.540. The number of hydrogen-bond acceptors (Lipinski definition) is 7. The van der Waals surface area contributed by atoms with Crippen LogP contribution >= 0.6 is 0 Å². The van der Waals surface area contributed by atoms with Crippen molar-refractivity contribution in [2.45, 2.75) is 26.2 Å². The van der Waals surface area contributed by atoms with Crippen LogP contribution in [0.1, 0.15) is 24.2 Å². The second-order valence-corrected chi connectivity index (χ2v) is 5.56. The van der Waals surface area contributed by atoms with Crippen molar-refractivity contribution in [1.29, 1.82) is 0 Å². The Morgan fingerprint density at radius 3 is 2.58 bits per heavy atom. The number of nitrogens with zero attached hydrogens (tertiary/aromatic N) is 1. The maximum absolute atomic E-state index is 11.9. The summed E-state index contributed by atoms with van der Waals surface area (Å²) >= 11 is 0. The average Bonchev–Trinajstić information content (AvgIpc) is 3.03. The Labute approximate surface area is 151 Å². The lowest BCUT2D eigenvalue weighted by Crippen LogP contribution is -2.14. The molecule has 0 aliphatic heterocycles. The third kappa shape index (κ3) is 5.80. The number of hydrogen-bond donors (Lipinski definition) is 1. The van der Waals surface area contributed by atoms with Crippen LogP contribution in [0.2, 0.25) is 0 Å². The molecule has 26 heavy (non-hydrogen) atoms. The van der Waals surface area contributed by atoms with Crippen molar-refractivity contribution in [3.05, 3.63) is 35.6 Å². The number of carbonyl (C=O) groups is 2. The van der Waals surface area contributed by atoms with Crippen LogP contribution in [0.5, 0.6) is 11.5 Å². The van der Waals surface area contributed by atoms with Gasteiger partial charge in [-0.1, -0.05) is 11.2 Å². The fraction of sp³-hybridized carbons (Fsp3) is 0.389. The molecule has 0 atom stereocenters. The molecule has 0 saturated carbocycles. The van der Waals surface area contributed by atoms with Crippen molar-refractivity contribution in [1.82, 2.24) is 5.16 Å². The van der Waals surface area contributed by atoms with Gasteiger partial charge < -0.3 is 24.1 Å². The van der Waals surface area contributed by atoms with Crippen LogP contribution in [-0.4, -0.2) is 37.9 Å². The lowest BCUT2D eigenvalue weighted by atomic mass is 10.1. The third-order valence-corrected chi connectivity index (χ3v) is 3.50. The Bertz CT molecular complexity index is 756. The molecule has 1 heterocycles. The van der Waals surface area contributed by atoms with E-state index in [1.54, 1.807) is 38.3 Å². The van der Waals surface area contributed by atoms with E-state index in [-0.39, 0.29) is 31.3 Å². The smallest absolute Gasteiger partial charge is 0.310 e. The zero-order valence-corrected chi connectivity index (χ0v) is 15.0. The molecule has 0 bridgehead atoms. The van der Waals surface area contributed by atoms with Gasteiger partial charge in [0, 0.05) is 12.5 Å². The summed E-state index contributed by atoms with van der Waals surface area (Å²) < 4.78 is 20.4. The first kappa shape index (κ1) is 19.3. The van der Waals surface area contributed by atoms with E-state index in [1.807, 2.05) is 0 Å². The SMILES string of the molecule is COc1ccc(CC(=O)OCCCC(=O)Nc2cc(C)on2)cc1OC. The molecular weight excluding hydrogens is 340 g/mol. The van der Waals surface area contributed by atoms with Gasteiger partial charge in [-0.05, 0) is 31.0 Å². The number of carbonyl (C=O) groups excluding carboxylic acids is 2. The molecule has 0 spiro atoms. The predicted molar refractivity (Wildman–Crippen MR) is 93.3 cm³/mol. The van der Waals surface area contributed by atoms with Crippen molar-refractivity contribution in [3.63, 3.8) is 0 Å². The Kier molecular flexibility index (Phi) is 7.02. The molecule has 140 valence electrons. The van der Waals surface area contributed by atoms with Crippen LogP contribution in [0.15, 0.2) is 28.8 Å². The van der Waals surface area contributed by atoms with Crippen LogP contribution in [0, 0.1) is 6.92 Å². The molecule has 0 fully saturated rings. The molecule has 0 unspecified atom stereocenters. The van der Waals surface area contributed by atoms with E-state index < -0.39 is 0 Å². The minimum Gasteiger partial charge on any atom is -0.493 e. The summed E-state index contributed by atoms with van der Waals surface area (Å²) in [6.45, 7) is 1.90. The number of nitrogens with one attached hydrogen (secondary N) is 1. The second-order valence-electron chi connectivity index (χ2n) is 5.56. The molecule has 0 saturated heterocycles. The first-order chi connectivity index (χ1) is 12.5. The van der Waals surface area contributed by atoms with Crippen molar-refractivity contribution in [3.8, 4) is 11.5 Å². The van der Waals surface area contributed by atoms with E-state index >= 15 is 0 Å². The van der Waals surface area contributed by atoms with Crippen LogP contribution in [0.4, 0.5) is 5.82 Å². The molecule has 1 aromatic heterocycles. The van der Waals surface area contributed by atoms with Gasteiger partial charge in [0.25, 0.3) is 0 Å². The normalized spacial score (nSPS) is 10.3. The number of rotatable bonds is 9. The van der Waals surface area contributed by atoms with E-state index in [0.29, 0.717) is 29.5 Å². The fourth-order valence-electron chi connectivity index (χ4n) is 2.26. The van der Waals surface area contributed by atoms with Gasteiger partial charge in [0.05, 0.1) is 27.2 Å². The number of esters is 1. The van der Waals surface area contributed by atoms with E-state index in [2.05, 4.69) is 10.5 Å². The van der Waals surface area contributed by atoms with Gasteiger partial charge in [0.2, 0.25) is 5.91 Å². The first-order valence-corrected chi connectivity index (χ1v) is 8.11. The molecule has 2 rings (SSSR count). The highest BCUT2D eigenvalue weighted by Gasteiger charge is 2.10. The Balaban J connectivity index is 1.69. The lowest BCUT2D eigenvalue weighted by molar-refractivity contribution is -0.143. The molecule has 0 aliphatic carbocycles. The molecule has 2 aromatic rings.